The van der Waals surface area contributed by atoms with Crippen LogP contribution in [0.3, 0.4) is 0 Å². The monoisotopic (exact) mass is 412 g/mol. The van der Waals surface area contributed by atoms with E-state index in [9.17, 15) is 26.4 Å². The van der Waals surface area contributed by atoms with Crippen molar-refractivity contribution in [1.82, 2.24) is 4.72 Å². The Morgan fingerprint density at radius 1 is 1.11 bits per heavy atom. The van der Waals surface area contributed by atoms with E-state index in [0.717, 1.165) is 23.8 Å². The molecule has 2 aromatic rings. The van der Waals surface area contributed by atoms with Gasteiger partial charge >= 0.3 is 6.18 Å². The second-order valence-electron chi connectivity index (χ2n) is 6.76. The summed E-state index contributed by atoms with van der Waals surface area (Å²) in [6, 6.07) is 11.4. The fraction of sp³-hybridized carbons (Fsp3) is 0.316. The number of hydrogen-bond donors (Lipinski definition) is 1. The highest BCUT2D eigenvalue weighted by atomic mass is 32.2. The summed E-state index contributed by atoms with van der Waals surface area (Å²) < 4.78 is 66.3. The average molecular weight is 412 g/mol. The van der Waals surface area contributed by atoms with Gasteiger partial charge in [-0.1, -0.05) is 29.8 Å². The van der Waals surface area contributed by atoms with Gasteiger partial charge < -0.3 is 4.90 Å². The third kappa shape index (κ3) is 4.36. The minimum absolute atomic E-state index is 0.122. The van der Waals surface area contributed by atoms with Crippen molar-refractivity contribution in [1.29, 1.82) is 0 Å². The number of carbonyl (C=O) groups excluding carboxylic acids is 1. The minimum Gasteiger partial charge on any atom is -0.312 e. The summed E-state index contributed by atoms with van der Waals surface area (Å²) in [4.78, 5) is 13.0. The quantitative estimate of drug-likeness (QED) is 0.819. The molecule has 0 unspecified atom stereocenters. The summed E-state index contributed by atoms with van der Waals surface area (Å²) in [6.45, 7) is 2.10. The van der Waals surface area contributed by atoms with Gasteiger partial charge in [-0.3, -0.25) is 4.79 Å². The Morgan fingerprint density at radius 3 is 2.39 bits per heavy atom. The highest BCUT2D eigenvalue weighted by Gasteiger charge is 2.37. The molecule has 9 heteroatoms. The van der Waals surface area contributed by atoms with Crippen LogP contribution in [0, 0.1) is 12.8 Å². The molecule has 1 N–H and O–H groups in total. The molecule has 1 aliphatic rings. The van der Waals surface area contributed by atoms with Crippen LogP contribution >= 0.6 is 0 Å². The lowest BCUT2D eigenvalue weighted by molar-refractivity contribution is -0.139. The maximum Gasteiger partial charge on any atom is 0.417 e. The summed E-state index contributed by atoms with van der Waals surface area (Å²) in [5.41, 5.74) is 0.540. The van der Waals surface area contributed by atoms with Crippen LogP contribution in [0.15, 0.2) is 53.4 Å². The molecule has 1 atom stereocenters. The number of hydrogen-bond acceptors (Lipinski definition) is 3. The number of sulfonamides is 1. The maximum absolute atomic E-state index is 13.1. The van der Waals surface area contributed by atoms with Gasteiger partial charge in [0.05, 0.1) is 10.5 Å². The van der Waals surface area contributed by atoms with Gasteiger partial charge in [0.1, 0.15) is 0 Å². The fourth-order valence-electron chi connectivity index (χ4n) is 3.13. The molecule has 5 nitrogen and oxygen atoms in total. The van der Waals surface area contributed by atoms with Gasteiger partial charge in [-0.15, -0.1) is 0 Å². The second-order valence-corrected chi connectivity index (χ2v) is 8.49. The van der Waals surface area contributed by atoms with E-state index in [1.165, 1.54) is 6.07 Å². The van der Waals surface area contributed by atoms with E-state index in [4.69, 9.17) is 0 Å². The predicted molar refractivity (Wildman–Crippen MR) is 98.3 cm³/mol. The molecule has 0 radical (unpaired) electrons. The van der Waals surface area contributed by atoms with Gasteiger partial charge in [-0.25, -0.2) is 13.1 Å². The Morgan fingerprint density at radius 2 is 1.75 bits per heavy atom. The zero-order chi connectivity index (χ0) is 20.5. The Balaban J connectivity index is 1.71. The molecule has 1 fully saturated rings. The summed E-state index contributed by atoms with van der Waals surface area (Å²) in [5, 5.41) is 0. The smallest absolute Gasteiger partial charge is 0.312 e. The van der Waals surface area contributed by atoms with Gasteiger partial charge in [0.15, 0.2) is 0 Å². The van der Waals surface area contributed by atoms with Crippen LogP contribution in [-0.2, 0) is 21.0 Å². The lowest BCUT2D eigenvalue weighted by Gasteiger charge is -2.18. The number of nitrogens with zero attached hydrogens (tertiary/aromatic N) is 1. The van der Waals surface area contributed by atoms with Crippen LogP contribution in [0.4, 0.5) is 18.9 Å². The molecule has 2 aromatic carbocycles. The fourth-order valence-corrected chi connectivity index (χ4v) is 4.47. The second kappa shape index (κ2) is 7.56. The zero-order valence-electron chi connectivity index (χ0n) is 15.0. The summed E-state index contributed by atoms with van der Waals surface area (Å²) in [6.07, 6.45) is -4.66. The van der Waals surface area contributed by atoms with Gasteiger partial charge in [-0.05, 0) is 37.1 Å². The molecule has 28 heavy (non-hydrogen) atoms. The van der Waals surface area contributed by atoms with Crippen LogP contribution in [0.25, 0.3) is 0 Å². The minimum atomic E-state index is -4.78. The predicted octanol–water partition coefficient (Wildman–Crippen LogP) is 3.35. The number of alkyl halides is 3. The van der Waals surface area contributed by atoms with Crippen LogP contribution < -0.4 is 9.62 Å². The molecule has 1 heterocycles. The Kier molecular flexibility index (Phi) is 5.49. The van der Waals surface area contributed by atoms with Crippen molar-refractivity contribution < 1.29 is 26.4 Å². The molecule has 1 aliphatic heterocycles. The standard InChI is InChI=1S/C19H19F3N2O3S/c1-13-6-8-15(9-7-13)24-12-14(10-18(24)25)11-23-28(26,27)17-5-3-2-4-16(17)19(20,21)22/h2-9,14,23H,10-12H2,1H3/t14-/m0/s1. The molecule has 0 aliphatic carbocycles. The first kappa shape index (κ1) is 20.3. The third-order valence-corrected chi connectivity index (χ3v) is 6.08. The summed E-state index contributed by atoms with van der Waals surface area (Å²) in [5.74, 6) is -0.481. The first-order valence-electron chi connectivity index (χ1n) is 8.61. The average Bonchev–Trinajstić information content (AvgIpc) is 3.01. The Bertz CT molecular complexity index is 973. The Hall–Kier alpha value is -2.39. The molecule has 3 rings (SSSR count). The van der Waals surface area contributed by atoms with Crippen molar-refractivity contribution in [2.24, 2.45) is 5.92 Å². The molecule has 0 saturated carbocycles. The third-order valence-electron chi connectivity index (χ3n) is 4.59. The van der Waals surface area contributed by atoms with Crippen LogP contribution in [0.5, 0.6) is 0 Å². The van der Waals surface area contributed by atoms with Gasteiger partial charge in [-0.2, -0.15) is 13.2 Å². The lowest BCUT2D eigenvalue weighted by atomic mass is 10.1. The van der Waals surface area contributed by atoms with Gasteiger partial charge in [0, 0.05) is 25.2 Å². The van der Waals surface area contributed by atoms with Crippen LogP contribution in [0.2, 0.25) is 0 Å². The topological polar surface area (TPSA) is 66.5 Å². The van der Waals surface area contributed by atoms with Crippen LogP contribution in [-0.4, -0.2) is 27.4 Å². The van der Waals surface area contributed by atoms with Crippen molar-refractivity contribution in [2.45, 2.75) is 24.4 Å². The number of halogens is 3. The van der Waals surface area contributed by atoms with E-state index < -0.39 is 26.7 Å². The van der Waals surface area contributed by atoms with E-state index >= 15 is 0 Å². The first-order chi connectivity index (χ1) is 13.1. The molecular weight excluding hydrogens is 393 g/mol. The Labute approximate surface area is 161 Å². The number of benzene rings is 2. The number of rotatable bonds is 5. The van der Waals surface area contributed by atoms with E-state index in [1.54, 1.807) is 17.0 Å². The van der Waals surface area contributed by atoms with E-state index in [2.05, 4.69) is 4.72 Å². The van der Waals surface area contributed by atoms with E-state index in [-0.39, 0.29) is 24.8 Å². The molecule has 1 saturated heterocycles. The van der Waals surface area contributed by atoms with Crippen molar-refractivity contribution in [3.05, 3.63) is 59.7 Å². The van der Waals surface area contributed by atoms with E-state index in [0.29, 0.717) is 12.2 Å². The highest BCUT2D eigenvalue weighted by molar-refractivity contribution is 7.89. The number of carbonyl (C=O) groups is 1. The summed E-state index contributed by atoms with van der Waals surface area (Å²) >= 11 is 0. The van der Waals surface area contributed by atoms with Crippen molar-refractivity contribution in [3.63, 3.8) is 0 Å². The first-order valence-corrected chi connectivity index (χ1v) is 10.1. The van der Waals surface area contributed by atoms with Gasteiger partial charge in [0.25, 0.3) is 0 Å². The molecule has 0 spiro atoms. The zero-order valence-corrected chi connectivity index (χ0v) is 15.8. The molecule has 0 bridgehead atoms. The lowest BCUT2D eigenvalue weighted by Crippen LogP contribution is -2.32. The van der Waals surface area contributed by atoms with Crippen molar-refractivity contribution in [2.75, 3.05) is 18.0 Å². The molecule has 150 valence electrons. The normalized spacial score (nSPS) is 17.9. The van der Waals surface area contributed by atoms with Crippen LogP contribution in [0.1, 0.15) is 17.5 Å². The molecule has 0 aromatic heterocycles. The van der Waals surface area contributed by atoms with Crippen molar-refractivity contribution in [3.8, 4) is 0 Å². The number of anilines is 1. The van der Waals surface area contributed by atoms with Gasteiger partial charge in [0.2, 0.25) is 15.9 Å². The number of aryl methyl sites for hydroxylation is 1. The van der Waals surface area contributed by atoms with Crippen molar-refractivity contribution >= 4 is 21.6 Å². The van der Waals surface area contributed by atoms with E-state index in [1.807, 2.05) is 19.1 Å². The number of amides is 1. The summed E-state index contributed by atoms with van der Waals surface area (Å²) in [7, 11) is -4.37. The molecule has 1 amide bonds. The number of nitrogens with one attached hydrogen (secondary N) is 1. The molecular formula is C19H19F3N2O3S. The maximum atomic E-state index is 13.1. The highest BCUT2D eigenvalue weighted by Crippen LogP contribution is 2.34. The SMILES string of the molecule is Cc1ccc(N2C[C@H](CNS(=O)(=O)c3ccccc3C(F)(F)F)CC2=O)cc1. The largest absolute Gasteiger partial charge is 0.417 e.